The maximum atomic E-state index is 12.0. The fraction of sp³-hybridized carbons (Fsp3) is 0.227. The van der Waals surface area contributed by atoms with Crippen LogP contribution in [0.5, 0.6) is 23.0 Å². The van der Waals surface area contributed by atoms with Gasteiger partial charge in [-0.15, -0.1) is 0 Å². The Morgan fingerprint density at radius 3 is 2.45 bits per heavy atom. The molecule has 2 aliphatic rings. The zero-order valence-electron chi connectivity index (χ0n) is 15.9. The summed E-state index contributed by atoms with van der Waals surface area (Å²) in [6.07, 6.45) is 0. The highest BCUT2D eigenvalue weighted by atomic mass is 16.7. The molecule has 0 saturated heterocycles. The van der Waals surface area contributed by atoms with Gasteiger partial charge in [0.25, 0.3) is 5.91 Å². The third-order valence-corrected chi connectivity index (χ3v) is 5.25. The highest BCUT2D eigenvalue weighted by Crippen LogP contribution is 2.37. The van der Waals surface area contributed by atoms with Crippen LogP contribution in [0.25, 0.3) is 11.3 Å². The molecule has 148 valence electrons. The molecular formula is C22H20N2O5. The first-order valence-electron chi connectivity index (χ1n) is 9.38. The smallest absolute Gasteiger partial charge is 0.250 e. The molecular weight excluding hydrogens is 372 g/mol. The van der Waals surface area contributed by atoms with Crippen molar-refractivity contribution in [3.8, 4) is 34.3 Å². The number of nitrogens with two attached hydrogens (primary N) is 1. The van der Waals surface area contributed by atoms with E-state index in [0.29, 0.717) is 31.1 Å². The molecule has 7 heteroatoms. The van der Waals surface area contributed by atoms with Crippen LogP contribution in [0, 0.1) is 6.92 Å². The predicted octanol–water partition coefficient (Wildman–Crippen LogP) is 3.11. The minimum absolute atomic E-state index is 0.232. The maximum Gasteiger partial charge on any atom is 0.250 e. The van der Waals surface area contributed by atoms with Crippen LogP contribution in [0.4, 0.5) is 0 Å². The number of primary amides is 1. The number of nitrogens with zero attached hydrogens (tertiary/aromatic N) is 1. The standard InChI is InChI=1S/C22H20N2O5/c1-13-16(22(23)25)10-17(15-3-5-18-21(9-15)27-7-6-26-18)24(13)11-14-2-4-19-20(8-14)29-12-28-19/h2-5,8-10H,6-7,11-12H2,1H3,(H2,23,25). The molecule has 29 heavy (non-hydrogen) atoms. The number of hydrogen-bond donors (Lipinski definition) is 1. The second kappa shape index (κ2) is 6.77. The Labute approximate surface area is 167 Å². The summed E-state index contributed by atoms with van der Waals surface area (Å²) in [5.41, 5.74) is 9.75. The number of carbonyl (C=O) groups excluding carboxylic acids is 1. The average molecular weight is 392 g/mol. The second-order valence-corrected chi connectivity index (χ2v) is 7.03. The number of aromatic nitrogens is 1. The summed E-state index contributed by atoms with van der Waals surface area (Å²) in [6, 6.07) is 13.5. The number of carbonyl (C=O) groups is 1. The fourth-order valence-corrected chi connectivity index (χ4v) is 3.76. The summed E-state index contributed by atoms with van der Waals surface area (Å²) in [7, 11) is 0. The Morgan fingerprint density at radius 1 is 0.931 bits per heavy atom. The SMILES string of the molecule is Cc1c(C(N)=O)cc(-c2ccc3c(c2)OCCO3)n1Cc1ccc2c(c1)OCO2. The Bertz CT molecular complexity index is 1120. The molecule has 2 aliphatic heterocycles. The van der Waals surface area contributed by atoms with E-state index in [2.05, 4.69) is 4.57 Å². The molecule has 0 radical (unpaired) electrons. The number of rotatable bonds is 4. The minimum atomic E-state index is -0.453. The monoisotopic (exact) mass is 392 g/mol. The van der Waals surface area contributed by atoms with Gasteiger partial charge in [-0.3, -0.25) is 4.79 Å². The van der Waals surface area contributed by atoms with Gasteiger partial charge in [-0.1, -0.05) is 6.07 Å². The number of amides is 1. The van der Waals surface area contributed by atoms with E-state index in [9.17, 15) is 4.79 Å². The van der Waals surface area contributed by atoms with Gasteiger partial charge < -0.3 is 29.2 Å². The lowest BCUT2D eigenvalue weighted by Crippen LogP contribution is -2.15. The van der Waals surface area contributed by atoms with E-state index in [1.165, 1.54) is 0 Å². The van der Waals surface area contributed by atoms with Crippen molar-refractivity contribution in [3.05, 3.63) is 59.3 Å². The topological polar surface area (TPSA) is 84.9 Å². The summed E-state index contributed by atoms with van der Waals surface area (Å²) in [5.74, 6) is 2.43. The van der Waals surface area contributed by atoms with E-state index in [0.717, 1.165) is 39.8 Å². The van der Waals surface area contributed by atoms with Crippen molar-refractivity contribution < 1.29 is 23.7 Å². The van der Waals surface area contributed by atoms with E-state index in [1.807, 2.05) is 49.4 Å². The lowest BCUT2D eigenvalue weighted by atomic mass is 10.1. The quantitative estimate of drug-likeness (QED) is 0.737. The van der Waals surface area contributed by atoms with Gasteiger partial charge in [0.15, 0.2) is 23.0 Å². The molecule has 3 heterocycles. The van der Waals surface area contributed by atoms with E-state index in [4.69, 9.17) is 24.7 Å². The van der Waals surface area contributed by atoms with E-state index in [-0.39, 0.29) is 6.79 Å². The second-order valence-electron chi connectivity index (χ2n) is 7.03. The molecule has 3 aromatic rings. The molecule has 2 aromatic carbocycles. The lowest BCUT2D eigenvalue weighted by Gasteiger charge is -2.19. The van der Waals surface area contributed by atoms with Crippen molar-refractivity contribution in [2.75, 3.05) is 20.0 Å². The fourth-order valence-electron chi connectivity index (χ4n) is 3.76. The van der Waals surface area contributed by atoms with Crippen molar-refractivity contribution in [2.45, 2.75) is 13.5 Å². The molecule has 1 aromatic heterocycles. The van der Waals surface area contributed by atoms with Gasteiger partial charge in [-0.25, -0.2) is 0 Å². The normalized spacial score (nSPS) is 14.1. The van der Waals surface area contributed by atoms with Crippen LogP contribution >= 0.6 is 0 Å². The Balaban J connectivity index is 1.58. The van der Waals surface area contributed by atoms with Gasteiger partial charge in [0.2, 0.25) is 6.79 Å². The molecule has 0 unspecified atom stereocenters. The molecule has 0 fully saturated rings. The molecule has 0 atom stereocenters. The summed E-state index contributed by atoms with van der Waals surface area (Å²) < 4.78 is 24.3. The lowest BCUT2D eigenvalue weighted by molar-refractivity contribution is 0.0999. The third kappa shape index (κ3) is 3.04. The van der Waals surface area contributed by atoms with Crippen LogP contribution in [-0.4, -0.2) is 30.5 Å². The van der Waals surface area contributed by atoms with Gasteiger partial charge in [0.05, 0.1) is 5.56 Å². The number of fused-ring (bicyclic) bond motifs is 2. The Hall–Kier alpha value is -3.61. The van der Waals surface area contributed by atoms with Gasteiger partial charge in [0.1, 0.15) is 13.2 Å². The first-order valence-corrected chi connectivity index (χ1v) is 9.38. The first kappa shape index (κ1) is 17.5. The average Bonchev–Trinajstić information content (AvgIpc) is 3.32. The van der Waals surface area contributed by atoms with Crippen molar-refractivity contribution in [1.29, 1.82) is 0 Å². The number of benzene rings is 2. The van der Waals surface area contributed by atoms with Crippen LogP contribution in [0.1, 0.15) is 21.6 Å². The molecule has 0 bridgehead atoms. The van der Waals surface area contributed by atoms with Gasteiger partial charge in [-0.05, 0) is 48.9 Å². The van der Waals surface area contributed by atoms with E-state index < -0.39 is 5.91 Å². The van der Waals surface area contributed by atoms with Gasteiger partial charge in [0, 0.05) is 23.5 Å². The summed E-state index contributed by atoms with van der Waals surface area (Å²) >= 11 is 0. The summed E-state index contributed by atoms with van der Waals surface area (Å²) in [5, 5.41) is 0. The van der Waals surface area contributed by atoms with Gasteiger partial charge in [-0.2, -0.15) is 0 Å². The largest absolute Gasteiger partial charge is 0.486 e. The van der Waals surface area contributed by atoms with Crippen molar-refractivity contribution >= 4 is 5.91 Å². The molecule has 1 amide bonds. The minimum Gasteiger partial charge on any atom is -0.486 e. The van der Waals surface area contributed by atoms with Crippen molar-refractivity contribution in [2.24, 2.45) is 5.73 Å². The first-order chi connectivity index (χ1) is 14.1. The zero-order valence-corrected chi connectivity index (χ0v) is 15.9. The van der Waals surface area contributed by atoms with Crippen molar-refractivity contribution in [3.63, 3.8) is 0 Å². The van der Waals surface area contributed by atoms with Crippen LogP contribution in [-0.2, 0) is 6.54 Å². The van der Waals surface area contributed by atoms with Crippen molar-refractivity contribution in [1.82, 2.24) is 4.57 Å². The molecule has 7 nitrogen and oxygen atoms in total. The predicted molar refractivity (Wildman–Crippen MR) is 106 cm³/mol. The third-order valence-electron chi connectivity index (χ3n) is 5.25. The zero-order chi connectivity index (χ0) is 20.0. The van der Waals surface area contributed by atoms with E-state index in [1.54, 1.807) is 0 Å². The van der Waals surface area contributed by atoms with Crippen LogP contribution in [0.15, 0.2) is 42.5 Å². The Morgan fingerprint density at radius 2 is 1.62 bits per heavy atom. The van der Waals surface area contributed by atoms with Crippen LogP contribution in [0.3, 0.4) is 0 Å². The van der Waals surface area contributed by atoms with Gasteiger partial charge >= 0.3 is 0 Å². The number of ether oxygens (including phenoxy) is 4. The molecule has 5 rings (SSSR count). The summed E-state index contributed by atoms with van der Waals surface area (Å²) in [4.78, 5) is 12.0. The molecule has 0 spiro atoms. The highest BCUT2D eigenvalue weighted by molar-refractivity contribution is 5.95. The van der Waals surface area contributed by atoms with Crippen LogP contribution < -0.4 is 24.7 Å². The van der Waals surface area contributed by atoms with Crippen LogP contribution in [0.2, 0.25) is 0 Å². The number of hydrogen-bond acceptors (Lipinski definition) is 5. The Kier molecular flexibility index (Phi) is 4.08. The highest BCUT2D eigenvalue weighted by Gasteiger charge is 2.20. The summed E-state index contributed by atoms with van der Waals surface area (Å²) in [6.45, 7) is 3.74. The molecule has 0 aliphatic carbocycles. The maximum absolute atomic E-state index is 12.0. The van der Waals surface area contributed by atoms with E-state index >= 15 is 0 Å². The molecule has 2 N–H and O–H groups in total. The molecule has 0 saturated carbocycles.